The molecule has 1 aliphatic carbocycles. The number of carbonyl (C=O) groups excluding carboxylic acids is 1. The van der Waals surface area contributed by atoms with Crippen LogP contribution in [0.3, 0.4) is 0 Å². The number of hydrogen-bond donors (Lipinski definition) is 3. The van der Waals surface area contributed by atoms with E-state index in [2.05, 4.69) is 20.0 Å². The minimum absolute atomic E-state index is 0.116. The summed E-state index contributed by atoms with van der Waals surface area (Å²) in [6, 6.07) is 5.16. The summed E-state index contributed by atoms with van der Waals surface area (Å²) in [5.41, 5.74) is 6.69. The van der Waals surface area contributed by atoms with Gasteiger partial charge in [0.15, 0.2) is 5.82 Å². The third-order valence-corrected chi connectivity index (χ3v) is 9.38. The Hall–Kier alpha value is -4.42. The normalized spacial score (nSPS) is 21.9. The first-order chi connectivity index (χ1) is 21.2. The van der Waals surface area contributed by atoms with Crippen LogP contribution in [-0.2, 0) is 16.8 Å². The molecule has 236 valence electrons. The number of carbonyl (C=O) groups is 2. The molecule has 4 heterocycles. The molecule has 4 N–H and O–H groups in total. The molecular weight excluding hydrogens is 577 g/mol. The molecule has 0 bridgehead atoms. The smallest absolute Gasteiger partial charge is 0.412 e. The van der Waals surface area contributed by atoms with Crippen LogP contribution in [0.25, 0.3) is 21.9 Å². The second-order valence-electron chi connectivity index (χ2n) is 13.3. The fourth-order valence-electron chi connectivity index (χ4n) is 7.00. The fourth-order valence-corrected chi connectivity index (χ4v) is 7.00. The Labute approximate surface area is 260 Å². The van der Waals surface area contributed by atoms with Crippen molar-refractivity contribution in [1.82, 2.24) is 24.6 Å². The molecule has 12 heteroatoms. The van der Waals surface area contributed by atoms with Crippen molar-refractivity contribution in [1.29, 1.82) is 0 Å². The second kappa shape index (κ2) is 10.9. The van der Waals surface area contributed by atoms with E-state index in [1.54, 1.807) is 57.6 Å². The van der Waals surface area contributed by atoms with E-state index in [1.807, 2.05) is 24.7 Å². The molecule has 0 spiro atoms. The number of halogens is 1. The van der Waals surface area contributed by atoms with Crippen molar-refractivity contribution < 1.29 is 24.2 Å². The third-order valence-electron chi connectivity index (χ3n) is 9.38. The molecule has 2 amide bonds. The lowest BCUT2D eigenvalue weighted by Gasteiger charge is -2.35. The Morgan fingerprint density at radius 1 is 1.16 bits per heavy atom. The Morgan fingerprint density at radius 3 is 2.51 bits per heavy atom. The summed E-state index contributed by atoms with van der Waals surface area (Å²) >= 11 is 0. The number of primary amides is 1. The van der Waals surface area contributed by atoms with Gasteiger partial charge in [0.25, 0.3) is 0 Å². The summed E-state index contributed by atoms with van der Waals surface area (Å²) in [5.74, 6) is -1.69. The first kappa shape index (κ1) is 30.6. The number of anilines is 1. The van der Waals surface area contributed by atoms with Crippen LogP contribution < -0.4 is 10.6 Å². The minimum atomic E-state index is -1.31. The zero-order valence-corrected chi connectivity index (χ0v) is 26.0. The molecule has 6 rings (SSSR count). The van der Waals surface area contributed by atoms with Gasteiger partial charge in [-0.05, 0) is 68.3 Å². The van der Waals surface area contributed by atoms with E-state index >= 15 is 4.39 Å². The van der Waals surface area contributed by atoms with E-state index < -0.39 is 28.8 Å². The molecule has 2 fully saturated rings. The lowest BCUT2D eigenvalue weighted by Crippen LogP contribution is -2.51. The molecule has 11 nitrogen and oxygen atoms in total. The first-order valence-electron chi connectivity index (χ1n) is 15.0. The number of carboxylic acid groups (broad SMARTS) is 1. The van der Waals surface area contributed by atoms with Crippen molar-refractivity contribution in [3.8, 4) is 11.1 Å². The SMILES string of the molecule is Cc1ccncc1-c1cc2cc(C3(C(N)=O)C(C)C3c3cnn(CCN4CC(O)C4)c3)ncc2c(N(C(=O)O)C(C)(C)C)c1F. The molecule has 3 aromatic heterocycles. The first-order valence-corrected chi connectivity index (χ1v) is 15.0. The van der Waals surface area contributed by atoms with Gasteiger partial charge in [-0.15, -0.1) is 0 Å². The molecule has 1 aromatic carbocycles. The summed E-state index contributed by atoms with van der Waals surface area (Å²) < 4.78 is 18.4. The summed E-state index contributed by atoms with van der Waals surface area (Å²) in [6.45, 7) is 11.6. The van der Waals surface area contributed by atoms with Gasteiger partial charge >= 0.3 is 6.09 Å². The number of hydrogen-bond acceptors (Lipinski definition) is 7. The van der Waals surface area contributed by atoms with Gasteiger partial charge < -0.3 is 15.9 Å². The average Bonchev–Trinajstić information content (AvgIpc) is 3.32. The van der Waals surface area contributed by atoms with Crippen LogP contribution in [0.1, 0.15) is 50.4 Å². The van der Waals surface area contributed by atoms with Crippen LogP contribution in [0.15, 0.2) is 49.2 Å². The van der Waals surface area contributed by atoms with E-state index in [-0.39, 0.29) is 29.2 Å². The highest BCUT2D eigenvalue weighted by Crippen LogP contribution is 2.65. The molecule has 1 saturated carbocycles. The predicted molar refractivity (Wildman–Crippen MR) is 167 cm³/mol. The number of pyridine rings is 2. The van der Waals surface area contributed by atoms with Crippen molar-refractivity contribution in [2.24, 2.45) is 11.7 Å². The molecule has 1 aliphatic heterocycles. The number of benzene rings is 1. The number of aliphatic hydroxyl groups excluding tert-OH is 1. The number of nitrogens with zero attached hydrogens (tertiary/aromatic N) is 6. The predicted octanol–water partition coefficient (Wildman–Crippen LogP) is 4.06. The van der Waals surface area contributed by atoms with Crippen LogP contribution in [-0.4, -0.2) is 78.1 Å². The van der Waals surface area contributed by atoms with Crippen molar-refractivity contribution in [2.75, 3.05) is 24.5 Å². The lowest BCUT2D eigenvalue weighted by atomic mass is 9.91. The molecule has 3 unspecified atom stereocenters. The van der Waals surface area contributed by atoms with Crippen LogP contribution in [0.4, 0.5) is 14.9 Å². The topological polar surface area (TPSA) is 151 Å². The zero-order chi connectivity index (χ0) is 32.4. The van der Waals surface area contributed by atoms with Gasteiger partial charge in [-0.2, -0.15) is 5.10 Å². The maximum atomic E-state index is 16.5. The third kappa shape index (κ3) is 5.01. The van der Waals surface area contributed by atoms with E-state index in [4.69, 9.17) is 5.73 Å². The van der Waals surface area contributed by atoms with Crippen LogP contribution in [0, 0.1) is 18.7 Å². The molecule has 2 aliphatic rings. The highest BCUT2D eigenvalue weighted by molar-refractivity contribution is 6.05. The number of likely N-dealkylation sites (tertiary alicyclic amines) is 1. The number of aryl methyl sites for hydroxylation is 1. The Morgan fingerprint density at radius 2 is 1.89 bits per heavy atom. The number of amides is 2. The Balaban J connectivity index is 1.46. The van der Waals surface area contributed by atoms with Crippen molar-refractivity contribution in [3.05, 3.63) is 71.8 Å². The number of rotatable bonds is 8. The molecule has 0 radical (unpaired) electrons. The number of β-amino-alcohol motifs (C(OH)–C–C–N with tert-alkyl or cyclic N) is 1. The number of aliphatic hydroxyl groups is 1. The zero-order valence-electron chi connectivity index (χ0n) is 26.0. The Bertz CT molecular complexity index is 1810. The molecule has 3 atom stereocenters. The quantitative estimate of drug-likeness (QED) is 0.269. The fraction of sp³-hybridized carbons (Fsp3) is 0.424. The van der Waals surface area contributed by atoms with Gasteiger partial charge in [0.1, 0.15) is 5.41 Å². The average molecular weight is 616 g/mol. The molecule has 1 saturated heterocycles. The summed E-state index contributed by atoms with van der Waals surface area (Å²) in [4.78, 5) is 37.9. The van der Waals surface area contributed by atoms with E-state index in [0.29, 0.717) is 41.7 Å². The van der Waals surface area contributed by atoms with Crippen molar-refractivity contribution in [2.45, 2.75) is 64.1 Å². The summed E-state index contributed by atoms with van der Waals surface area (Å²) in [7, 11) is 0. The van der Waals surface area contributed by atoms with E-state index in [1.165, 1.54) is 6.20 Å². The van der Waals surface area contributed by atoms with Crippen molar-refractivity contribution >= 4 is 28.5 Å². The van der Waals surface area contributed by atoms with Gasteiger partial charge in [-0.3, -0.25) is 29.2 Å². The van der Waals surface area contributed by atoms with E-state index in [0.717, 1.165) is 22.6 Å². The standard InChI is InChI=1S/C33H38FN7O4/c1-18-6-7-36-13-24(18)23-10-20-11-26(37-14-25(20)29(28(23)34)41(31(44)45)32(3,4)5)33(30(35)43)19(2)27(33)21-12-38-40(15-21)9-8-39-16-22(42)17-39/h6-7,10-15,19,22,27,42H,8-9,16-17H2,1-5H3,(H2,35,43)(H,44,45). The maximum Gasteiger partial charge on any atom is 0.412 e. The van der Waals surface area contributed by atoms with Crippen molar-refractivity contribution in [3.63, 3.8) is 0 Å². The second-order valence-corrected chi connectivity index (χ2v) is 13.3. The largest absolute Gasteiger partial charge is 0.465 e. The van der Waals surface area contributed by atoms with Crippen LogP contribution >= 0.6 is 0 Å². The van der Waals surface area contributed by atoms with Crippen LogP contribution in [0.2, 0.25) is 0 Å². The van der Waals surface area contributed by atoms with Gasteiger partial charge in [0.05, 0.1) is 30.2 Å². The minimum Gasteiger partial charge on any atom is -0.465 e. The highest BCUT2D eigenvalue weighted by atomic mass is 19.1. The Kier molecular flexibility index (Phi) is 7.40. The monoisotopic (exact) mass is 615 g/mol. The lowest BCUT2D eigenvalue weighted by molar-refractivity contribution is -0.121. The number of nitrogens with two attached hydrogens (primary N) is 1. The summed E-state index contributed by atoms with van der Waals surface area (Å²) in [6.07, 6.45) is 6.72. The van der Waals surface area contributed by atoms with Gasteiger partial charge in [-0.1, -0.05) is 6.92 Å². The highest BCUT2D eigenvalue weighted by Gasteiger charge is 2.69. The maximum absolute atomic E-state index is 16.5. The molecule has 4 aromatic rings. The van der Waals surface area contributed by atoms with Gasteiger partial charge in [-0.25, -0.2) is 9.18 Å². The summed E-state index contributed by atoms with van der Waals surface area (Å²) in [5, 5.41) is 25.2. The number of aromatic nitrogens is 4. The molecule has 45 heavy (non-hydrogen) atoms. The van der Waals surface area contributed by atoms with Crippen LogP contribution in [0.5, 0.6) is 0 Å². The van der Waals surface area contributed by atoms with Gasteiger partial charge in [0.2, 0.25) is 5.91 Å². The molecular formula is C33H38FN7O4. The van der Waals surface area contributed by atoms with Gasteiger partial charge in [0, 0.05) is 72.4 Å². The van der Waals surface area contributed by atoms with E-state index in [9.17, 15) is 19.8 Å². The number of fused-ring (bicyclic) bond motifs is 1.